The fourth-order valence-electron chi connectivity index (χ4n) is 2.19. The fourth-order valence-corrected chi connectivity index (χ4v) is 3.39. The summed E-state index contributed by atoms with van der Waals surface area (Å²) in [6.45, 7) is 4.68. The Bertz CT molecular complexity index is 468. The van der Waals surface area contributed by atoms with Crippen molar-refractivity contribution < 1.29 is 14.6 Å². The van der Waals surface area contributed by atoms with Gasteiger partial charge in [0.25, 0.3) is 5.91 Å². The molecule has 0 atom stereocenters. The maximum atomic E-state index is 11.9. The van der Waals surface area contributed by atoms with Crippen molar-refractivity contribution >= 4 is 28.8 Å². The molecule has 106 valence electrons. The molecule has 1 saturated carbocycles. The Balaban J connectivity index is 1.83. The average Bonchev–Trinajstić information content (AvgIpc) is 2.66. The van der Waals surface area contributed by atoms with Crippen molar-refractivity contribution in [3.8, 4) is 0 Å². The summed E-state index contributed by atoms with van der Waals surface area (Å²) in [5.41, 5.74) is 0.0597. The van der Waals surface area contributed by atoms with E-state index in [-0.39, 0.29) is 18.6 Å². The lowest BCUT2D eigenvalue weighted by Gasteiger charge is -2.43. The Morgan fingerprint density at radius 3 is 2.89 bits per heavy atom. The van der Waals surface area contributed by atoms with Crippen LogP contribution in [0.15, 0.2) is 5.38 Å². The van der Waals surface area contributed by atoms with Gasteiger partial charge in [-0.05, 0) is 24.8 Å². The van der Waals surface area contributed by atoms with Crippen LogP contribution in [0.5, 0.6) is 0 Å². The van der Waals surface area contributed by atoms with Gasteiger partial charge in [0.15, 0.2) is 0 Å². The number of nitrogens with one attached hydrogen (secondary N) is 1. The molecule has 2 N–H and O–H groups in total. The van der Waals surface area contributed by atoms with Crippen molar-refractivity contribution in [1.82, 2.24) is 5.32 Å². The van der Waals surface area contributed by atoms with E-state index in [0.29, 0.717) is 29.3 Å². The first kappa shape index (κ1) is 14.8. The quantitative estimate of drug-likeness (QED) is 0.878. The summed E-state index contributed by atoms with van der Waals surface area (Å²) < 4.78 is 5.40. The first-order valence-corrected chi connectivity index (χ1v) is 7.57. The number of carbonyl (C=O) groups excluding carboxylic acids is 1. The summed E-state index contributed by atoms with van der Waals surface area (Å²) in [5.74, 6) is -0.226. The van der Waals surface area contributed by atoms with Crippen LogP contribution in [-0.4, -0.2) is 35.9 Å². The predicted octanol–water partition coefficient (Wildman–Crippen LogP) is 2.37. The largest absolute Gasteiger partial charge is 0.388 e. The van der Waals surface area contributed by atoms with E-state index in [1.807, 2.05) is 19.2 Å². The van der Waals surface area contributed by atoms with Crippen molar-refractivity contribution in [1.29, 1.82) is 0 Å². The van der Waals surface area contributed by atoms with Gasteiger partial charge in [0.1, 0.15) is 4.88 Å². The maximum absolute atomic E-state index is 11.9. The number of rotatable bonds is 5. The van der Waals surface area contributed by atoms with E-state index >= 15 is 0 Å². The first-order chi connectivity index (χ1) is 8.95. The van der Waals surface area contributed by atoms with E-state index in [2.05, 4.69) is 5.32 Å². The number of halogens is 1. The third kappa shape index (κ3) is 3.28. The lowest BCUT2D eigenvalue weighted by atomic mass is 9.77. The Morgan fingerprint density at radius 2 is 2.37 bits per heavy atom. The van der Waals surface area contributed by atoms with E-state index in [0.717, 1.165) is 5.56 Å². The van der Waals surface area contributed by atoms with Crippen LogP contribution in [0.2, 0.25) is 5.02 Å². The normalized spacial score (nSPS) is 26.0. The van der Waals surface area contributed by atoms with Crippen LogP contribution >= 0.6 is 22.9 Å². The van der Waals surface area contributed by atoms with Gasteiger partial charge >= 0.3 is 0 Å². The molecular weight excluding hydrogens is 286 g/mol. The monoisotopic (exact) mass is 303 g/mol. The SMILES string of the molecule is CCOC1CC(O)(CNC(=O)c2scc(C)c2Cl)C1. The van der Waals surface area contributed by atoms with Crippen LogP contribution in [0.3, 0.4) is 0 Å². The Morgan fingerprint density at radius 1 is 1.68 bits per heavy atom. The van der Waals surface area contributed by atoms with Gasteiger partial charge in [-0.15, -0.1) is 11.3 Å². The maximum Gasteiger partial charge on any atom is 0.262 e. The zero-order chi connectivity index (χ0) is 14.0. The molecule has 1 aliphatic carbocycles. The Labute approximate surface area is 121 Å². The second-order valence-electron chi connectivity index (χ2n) is 4.95. The third-order valence-corrected chi connectivity index (χ3v) is 5.00. The second kappa shape index (κ2) is 5.79. The molecule has 1 aromatic heterocycles. The van der Waals surface area contributed by atoms with Crippen molar-refractivity contribution in [2.45, 2.75) is 38.4 Å². The number of ether oxygens (including phenoxy) is 1. The third-order valence-electron chi connectivity index (χ3n) is 3.30. The molecule has 0 bridgehead atoms. The van der Waals surface area contributed by atoms with E-state index in [9.17, 15) is 9.90 Å². The molecule has 1 amide bonds. The van der Waals surface area contributed by atoms with Crippen LogP contribution in [0.4, 0.5) is 0 Å². The lowest BCUT2D eigenvalue weighted by Crippen LogP contribution is -2.55. The molecule has 0 radical (unpaired) electrons. The number of hydrogen-bond donors (Lipinski definition) is 2. The van der Waals surface area contributed by atoms with Gasteiger partial charge in [-0.25, -0.2) is 0 Å². The number of amides is 1. The molecule has 0 aliphatic heterocycles. The van der Waals surface area contributed by atoms with Crippen molar-refractivity contribution in [2.75, 3.05) is 13.2 Å². The van der Waals surface area contributed by atoms with Gasteiger partial charge in [0.2, 0.25) is 0 Å². The highest BCUT2D eigenvalue weighted by Crippen LogP contribution is 2.34. The molecule has 1 heterocycles. The highest BCUT2D eigenvalue weighted by molar-refractivity contribution is 7.13. The number of carbonyl (C=O) groups is 1. The number of aliphatic hydroxyl groups is 1. The minimum Gasteiger partial charge on any atom is -0.388 e. The molecule has 0 aromatic carbocycles. The van der Waals surface area contributed by atoms with Crippen molar-refractivity contribution in [3.63, 3.8) is 0 Å². The summed E-state index contributed by atoms with van der Waals surface area (Å²) in [5, 5.41) is 15.2. The summed E-state index contributed by atoms with van der Waals surface area (Å²) in [4.78, 5) is 12.4. The van der Waals surface area contributed by atoms with Gasteiger partial charge < -0.3 is 15.2 Å². The highest BCUT2D eigenvalue weighted by atomic mass is 35.5. The van der Waals surface area contributed by atoms with Gasteiger partial charge in [-0.3, -0.25) is 4.79 Å². The molecule has 0 spiro atoms. The summed E-state index contributed by atoms with van der Waals surface area (Å²) >= 11 is 7.35. The molecular formula is C13H18ClNO3S. The molecule has 4 nitrogen and oxygen atoms in total. The summed E-state index contributed by atoms with van der Waals surface area (Å²) in [7, 11) is 0. The molecule has 0 saturated heterocycles. The number of aryl methyl sites for hydroxylation is 1. The predicted molar refractivity (Wildman–Crippen MR) is 76.0 cm³/mol. The van der Waals surface area contributed by atoms with Crippen LogP contribution in [0, 0.1) is 6.92 Å². The van der Waals surface area contributed by atoms with E-state index < -0.39 is 5.60 Å². The van der Waals surface area contributed by atoms with Gasteiger partial charge in [-0.1, -0.05) is 11.6 Å². The smallest absolute Gasteiger partial charge is 0.262 e. The van der Waals surface area contributed by atoms with Crippen LogP contribution < -0.4 is 5.32 Å². The topological polar surface area (TPSA) is 58.6 Å². The number of hydrogen-bond acceptors (Lipinski definition) is 4. The minimum absolute atomic E-state index is 0.111. The lowest BCUT2D eigenvalue weighted by molar-refractivity contribution is -0.133. The van der Waals surface area contributed by atoms with Crippen molar-refractivity contribution in [2.24, 2.45) is 0 Å². The Kier molecular flexibility index (Phi) is 4.50. The van der Waals surface area contributed by atoms with E-state index in [1.54, 1.807) is 0 Å². The molecule has 6 heteroatoms. The number of thiophene rings is 1. The molecule has 1 fully saturated rings. The van der Waals surface area contributed by atoms with Crippen molar-refractivity contribution in [3.05, 3.63) is 20.8 Å². The van der Waals surface area contributed by atoms with Gasteiger partial charge in [0, 0.05) is 26.0 Å². The highest BCUT2D eigenvalue weighted by Gasteiger charge is 2.43. The van der Waals surface area contributed by atoms with Gasteiger partial charge in [0.05, 0.1) is 16.7 Å². The second-order valence-corrected chi connectivity index (χ2v) is 6.21. The van der Waals surface area contributed by atoms with Crippen LogP contribution in [0.1, 0.15) is 35.0 Å². The first-order valence-electron chi connectivity index (χ1n) is 6.31. The zero-order valence-corrected chi connectivity index (χ0v) is 12.6. The summed E-state index contributed by atoms with van der Waals surface area (Å²) in [6.07, 6.45) is 1.25. The molecule has 19 heavy (non-hydrogen) atoms. The fraction of sp³-hybridized carbons (Fsp3) is 0.615. The minimum atomic E-state index is -0.839. The average molecular weight is 304 g/mol. The van der Waals surface area contributed by atoms with E-state index in [4.69, 9.17) is 16.3 Å². The van der Waals surface area contributed by atoms with E-state index in [1.165, 1.54) is 11.3 Å². The standard InChI is InChI=1S/C13H18ClNO3S/c1-3-18-9-4-13(17,5-9)7-15-12(16)11-10(14)8(2)6-19-11/h6,9,17H,3-5,7H2,1-2H3,(H,15,16). The molecule has 1 aliphatic rings. The van der Waals surface area contributed by atoms with Crippen LogP contribution in [0.25, 0.3) is 0 Å². The molecule has 2 rings (SSSR count). The van der Waals surface area contributed by atoms with Gasteiger partial charge in [-0.2, -0.15) is 0 Å². The zero-order valence-electron chi connectivity index (χ0n) is 11.0. The summed E-state index contributed by atoms with van der Waals surface area (Å²) in [6, 6.07) is 0. The molecule has 1 aromatic rings. The molecule has 0 unspecified atom stereocenters. The Hall–Kier alpha value is -0.620. The van der Waals surface area contributed by atoms with Crippen LogP contribution in [-0.2, 0) is 4.74 Å².